The van der Waals surface area contributed by atoms with Crippen LogP contribution in [0.25, 0.3) is 5.78 Å². The number of benzene rings is 1. The van der Waals surface area contributed by atoms with Crippen molar-refractivity contribution in [1.29, 1.82) is 0 Å². The molecule has 0 aliphatic carbocycles. The maximum absolute atomic E-state index is 4.47. The molecule has 1 aliphatic rings. The van der Waals surface area contributed by atoms with Crippen molar-refractivity contribution in [2.75, 3.05) is 11.4 Å². The summed E-state index contributed by atoms with van der Waals surface area (Å²) in [5.41, 5.74) is 2.34. The first-order valence-corrected chi connectivity index (χ1v) is 8.21. The van der Waals surface area contributed by atoms with Crippen LogP contribution in [0.3, 0.4) is 0 Å². The van der Waals surface area contributed by atoms with Gasteiger partial charge in [0.25, 0.3) is 5.78 Å². The largest absolute Gasteiger partial charge is 0.349 e. The normalized spacial score (nSPS) is 21.7. The Morgan fingerprint density at radius 3 is 2.78 bits per heavy atom. The minimum Gasteiger partial charge on any atom is -0.349 e. The Hall–Kier alpha value is -2.43. The number of fused-ring (bicyclic) bond motifs is 1. The van der Waals surface area contributed by atoms with E-state index in [4.69, 9.17) is 0 Å². The monoisotopic (exact) mass is 307 g/mol. The van der Waals surface area contributed by atoms with Crippen molar-refractivity contribution in [3.63, 3.8) is 0 Å². The highest BCUT2D eigenvalue weighted by Gasteiger charge is 2.29. The summed E-state index contributed by atoms with van der Waals surface area (Å²) < 4.78 is 1.86. The van der Waals surface area contributed by atoms with Crippen LogP contribution in [0, 0.1) is 12.8 Å². The highest BCUT2D eigenvalue weighted by molar-refractivity contribution is 5.50. The van der Waals surface area contributed by atoms with E-state index in [0.717, 1.165) is 24.5 Å². The molecule has 2 atom stereocenters. The Bertz CT molecular complexity index is 811. The molecule has 5 heteroatoms. The number of aromatic nitrogens is 4. The molecule has 1 aliphatic heterocycles. The predicted molar refractivity (Wildman–Crippen MR) is 90.4 cm³/mol. The van der Waals surface area contributed by atoms with E-state index in [-0.39, 0.29) is 0 Å². The van der Waals surface area contributed by atoms with Gasteiger partial charge in [0, 0.05) is 18.3 Å². The van der Waals surface area contributed by atoms with Crippen LogP contribution in [0.4, 0.5) is 5.82 Å². The minimum atomic E-state index is 0.376. The fourth-order valence-electron chi connectivity index (χ4n) is 3.54. The molecular weight excluding hydrogens is 286 g/mol. The van der Waals surface area contributed by atoms with Gasteiger partial charge in [-0.15, -0.1) is 0 Å². The second kappa shape index (κ2) is 5.65. The van der Waals surface area contributed by atoms with Crippen LogP contribution >= 0.6 is 0 Å². The van der Waals surface area contributed by atoms with Gasteiger partial charge in [-0.25, -0.2) is 4.98 Å². The van der Waals surface area contributed by atoms with Crippen molar-refractivity contribution in [3.8, 4) is 0 Å². The van der Waals surface area contributed by atoms with Gasteiger partial charge in [-0.2, -0.15) is 14.6 Å². The lowest BCUT2D eigenvalue weighted by Crippen LogP contribution is -2.38. The molecule has 2 aromatic heterocycles. The summed E-state index contributed by atoms with van der Waals surface area (Å²) in [6.07, 6.45) is 3.99. The van der Waals surface area contributed by atoms with Gasteiger partial charge in [0.1, 0.15) is 12.1 Å². The van der Waals surface area contributed by atoms with E-state index in [1.165, 1.54) is 12.0 Å². The Balaban J connectivity index is 1.83. The van der Waals surface area contributed by atoms with Crippen LogP contribution < -0.4 is 4.90 Å². The molecule has 1 aromatic carbocycles. The summed E-state index contributed by atoms with van der Waals surface area (Å²) in [5, 5.41) is 4.39. The second-order valence-corrected chi connectivity index (χ2v) is 6.49. The van der Waals surface area contributed by atoms with Crippen LogP contribution in [-0.2, 0) is 0 Å². The lowest BCUT2D eigenvalue weighted by Gasteiger charge is -2.40. The molecule has 0 unspecified atom stereocenters. The van der Waals surface area contributed by atoms with E-state index in [2.05, 4.69) is 63.3 Å². The second-order valence-electron chi connectivity index (χ2n) is 6.49. The molecule has 1 fully saturated rings. The van der Waals surface area contributed by atoms with Crippen molar-refractivity contribution in [2.24, 2.45) is 5.92 Å². The fraction of sp³-hybridized carbons (Fsp3) is 0.389. The first-order valence-electron chi connectivity index (χ1n) is 8.21. The van der Waals surface area contributed by atoms with Gasteiger partial charge in [0.05, 0.1) is 6.04 Å². The summed E-state index contributed by atoms with van der Waals surface area (Å²) >= 11 is 0. The van der Waals surface area contributed by atoms with Crippen LogP contribution in [-0.4, -0.2) is 26.1 Å². The van der Waals surface area contributed by atoms with Crippen LogP contribution in [0.5, 0.6) is 0 Å². The van der Waals surface area contributed by atoms with E-state index in [9.17, 15) is 0 Å². The zero-order chi connectivity index (χ0) is 15.8. The lowest BCUT2D eigenvalue weighted by molar-refractivity contribution is 0.377. The number of piperidine rings is 1. The molecule has 23 heavy (non-hydrogen) atoms. The Kier molecular flexibility index (Phi) is 3.48. The lowest BCUT2D eigenvalue weighted by atomic mass is 9.90. The van der Waals surface area contributed by atoms with Gasteiger partial charge in [-0.3, -0.25) is 0 Å². The molecule has 0 N–H and O–H groups in total. The SMILES string of the molecule is Cc1cc(N2C[C@H](C)CC[C@H]2c2ccccc2)n2ncnc2n1. The van der Waals surface area contributed by atoms with E-state index >= 15 is 0 Å². The summed E-state index contributed by atoms with van der Waals surface area (Å²) in [4.78, 5) is 11.2. The van der Waals surface area contributed by atoms with E-state index in [1.54, 1.807) is 6.33 Å². The summed E-state index contributed by atoms with van der Waals surface area (Å²) in [6.45, 7) is 5.36. The number of aryl methyl sites for hydroxylation is 1. The zero-order valence-corrected chi connectivity index (χ0v) is 13.6. The van der Waals surface area contributed by atoms with E-state index in [0.29, 0.717) is 17.7 Å². The quantitative estimate of drug-likeness (QED) is 0.728. The first kappa shape index (κ1) is 14.2. The van der Waals surface area contributed by atoms with Gasteiger partial charge >= 0.3 is 0 Å². The molecule has 5 nitrogen and oxygen atoms in total. The van der Waals surface area contributed by atoms with Crippen molar-refractivity contribution < 1.29 is 0 Å². The maximum atomic E-state index is 4.47. The number of rotatable bonds is 2. The predicted octanol–water partition coefficient (Wildman–Crippen LogP) is 3.41. The third-order valence-corrected chi connectivity index (χ3v) is 4.66. The van der Waals surface area contributed by atoms with Gasteiger partial charge < -0.3 is 4.90 Å². The molecule has 3 aromatic rings. The third kappa shape index (κ3) is 2.56. The van der Waals surface area contributed by atoms with Crippen molar-refractivity contribution in [3.05, 3.63) is 54.0 Å². The Morgan fingerprint density at radius 1 is 1.13 bits per heavy atom. The average molecular weight is 307 g/mol. The van der Waals surface area contributed by atoms with E-state index < -0.39 is 0 Å². The topological polar surface area (TPSA) is 46.3 Å². The molecule has 1 saturated heterocycles. The molecule has 0 amide bonds. The average Bonchev–Trinajstić information content (AvgIpc) is 3.03. The number of anilines is 1. The van der Waals surface area contributed by atoms with Crippen molar-refractivity contribution in [1.82, 2.24) is 19.6 Å². The number of hydrogen-bond donors (Lipinski definition) is 0. The van der Waals surface area contributed by atoms with Gasteiger partial charge in [-0.1, -0.05) is 37.3 Å². The highest BCUT2D eigenvalue weighted by Crippen LogP contribution is 2.36. The molecule has 0 bridgehead atoms. The summed E-state index contributed by atoms with van der Waals surface area (Å²) in [5.74, 6) is 2.43. The molecule has 3 heterocycles. The first-order chi connectivity index (χ1) is 11.2. The molecule has 118 valence electrons. The molecule has 0 saturated carbocycles. The van der Waals surface area contributed by atoms with Crippen molar-refractivity contribution >= 4 is 11.6 Å². The smallest absolute Gasteiger partial charge is 0.254 e. The standard InChI is InChI=1S/C18H21N5/c1-13-8-9-16(15-6-4-3-5-7-15)22(11-13)17-10-14(2)21-18-19-12-20-23(17)18/h3-7,10,12-13,16H,8-9,11H2,1-2H3/t13-,16+/m1/s1. The molecule has 0 spiro atoms. The van der Waals surface area contributed by atoms with E-state index in [1.807, 2.05) is 11.4 Å². The van der Waals surface area contributed by atoms with Gasteiger partial charge in [-0.05, 0) is 31.2 Å². The van der Waals surface area contributed by atoms with Crippen LogP contribution in [0.2, 0.25) is 0 Å². The third-order valence-electron chi connectivity index (χ3n) is 4.66. The Morgan fingerprint density at radius 2 is 1.96 bits per heavy atom. The molecule has 0 radical (unpaired) electrons. The minimum absolute atomic E-state index is 0.376. The number of nitrogens with zero attached hydrogens (tertiary/aromatic N) is 5. The van der Waals surface area contributed by atoms with Gasteiger partial charge in [0.2, 0.25) is 0 Å². The number of hydrogen-bond acceptors (Lipinski definition) is 4. The maximum Gasteiger partial charge on any atom is 0.254 e. The zero-order valence-electron chi connectivity index (χ0n) is 13.6. The summed E-state index contributed by atoms with van der Waals surface area (Å²) in [6, 6.07) is 13.3. The van der Waals surface area contributed by atoms with Gasteiger partial charge in [0.15, 0.2) is 0 Å². The molecular formula is C18H21N5. The Labute approximate surface area is 136 Å². The highest BCUT2D eigenvalue weighted by atomic mass is 15.4. The fourth-order valence-corrected chi connectivity index (χ4v) is 3.54. The van der Waals surface area contributed by atoms with Crippen LogP contribution in [0.15, 0.2) is 42.7 Å². The molecule has 4 rings (SSSR count). The van der Waals surface area contributed by atoms with Crippen molar-refractivity contribution in [2.45, 2.75) is 32.7 Å². The van der Waals surface area contributed by atoms with Crippen LogP contribution in [0.1, 0.15) is 37.1 Å². The summed E-state index contributed by atoms with van der Waals surface area (Å²) in [7, 11) is 0.